The zero-order valence-corrected chi connectivity index (χ0v) is 18.2. The lowest BCUT2D eigenvalue weighted by molar-refractivity contribution is 0.0950. The molecule has 162 valence electrons. The molecule has 1 N–H and O–H groups in total. The van der Waals surface area contributed by atoms with E-state index in [4.69, 9.17) is 0 Å². The van der Waals surface area contributed by atoms with Crippen molar-refractivity contribution in [2.24, 2.45) is 0 Å². The van der Waals surface area contributed by atoms with Crippen LogP contribution in [0.4, 0.5) is 0 Å². The molecule has 2 heterocycles. The molecule has 0 aliphatic carbocycles. The van der Waals surface area contributed by atoms with Gasteiger partial charge in [-0.05, 0) is 41.4 Å². The molecule has 3 aromatic rings. The van der Waals surface area contributed by atoms with Gasteiger partial charge >= 0.3 is 0 Å². The van der Waals surface area contributed by atoms with Crippen molar-refractivity contribution in [1.29, 1.82) is 0 Å². The predicted octanol–water partition coefficient (Wildman–Crippen LogP) is 3.00. The number of rotatable bonds is 8. The highest BCUT2D eigenvalue weighted by molar-refractivity contribution is 5.94. The Kier molecular flexibility index (Phi) is 7.12. The van der Waals surface area contributed by atoms with Gasteiger partial charge in [0.1, 0.15) is 0 Å². The number of amides is 1. The lowest BCUT2D eigenvalue weighted by atomic mass is 10.1. The molecule has 4 rings (SSSR count). The first-order valence-corrected chi connectivity index (χ1v) is 11.1. The Hall–Kier alpha value is -2.96. The van der Waals surface area contributed by atoms with Gasteiger partial charge in [-0.2, -0.15) is 5.10 Å². The third kappa shape index (κ3) is 5.81. The standard InChI is InChI=1S/C25H31N5O/c1-2-28-14-16-29(17-15-28)20-24-7-4-3-6-23(24)18-26-25(31)22-10-8-21(9-11-22)19-30-13-5-12-27-30/h3-13H,2,14-20H2,1H3,(H,26,31). The average Bonchev–Trinajstić information content (AvgIpc) is 3.32. The second-order valence-corrected chi connectivity index (χ2v) is 8.06. The van der Waals surface area contributed by atoms with E-state index in [2.05, 4.69) is 45.3 Å². The van der Waals surface area contributed by atoms with Crippen LogP contribution in [-0.4, -0.2) is 58.2 Å². The molecule has 0 radical (unpaired) electrons. The highest BCUT2D eigenvalue weighted by Crippen LogP contribution is 2.14. The maximum absolute atomic E-state index is 12.7. The van der Waals surface area contributed by atoms with E-state index in [1.54, 1.807) is 6.20 Å². The fourth-order valence-electron chi connectivity index (χ4n) is 4.01. The van der Waals surface area contributed by atoms with Gasteiger partial charge in [0.2, 0.25) is 0 Å². The van der Waals surface area contributed by atoms with Crippen molar-refractivity contribution >= 4 is 5.91 Å². The molecule has 2 aromatic carbocycles. The summed E-state index contributed by atoms with van der Waals surface area (Å²) < 4.78 is 1.87. The molecule has 0 bridgehead atoms. The summed E-state index contributed by atoms with van der Waals surface area (Å²) in [6.45, 7) is 9.98. The van der Waals surface area contributed by atoms with Crippen molar-refractivity contribution in [2.45, 2.75) is 26.6 Å². The highest BCUT2D eigenvalue weighted by Gasteiger charge is 2.16. The van der Waals surface area contributed by atoms with Crippen LogP contribution in [0.2, 0.25) is 0 Å². The fourth-order valence-corrected chi connectivity index (χ4v) is 4.01. The summed E-state index contributed by atoms with van der Waals surface area (Å²) in [6.07, 6.45) is 3.70. The number of benzene rings is 2. The van der Waals surface area contributed by atoms with Gasteiger partial charge in [0.25, 0.3) is 5.91 Å². The van der Waals surface area contributed by atoms with Crippen molar-refractivity contribution in [1.82, 2.24) is 24.9 Å². The van der Waals surface area contributed by atoms with Crippen molar-refractivity contribution < 1.29 is 4.79 Å². The number of carbonyl (C=O) groups is 1. The van der Waals surface area contributed by atoms with Crippen LogP contribution in [-0.2, 0) is 19.6 Å². The average molecular weight is 418 g/mol. The first-order chi connectivity index (χ1) is 15.2. The Morgan fingerprint density at radius 1 is 0.903 bits per heavy atom. The molecule has 0 unspecified atom stereocenters. The van der Waals surface area contributed by atoms with Gasteiger partial charge < -0.3 is 10.2 Å². The largest absolute Gasteiger partial charge is 0.348 e. The molecular weight excluding hydrogens is 386 g/mol. The molecular formula is C25H31N5O. The summed E-state index contributed by atoms with van der Waals surface area (Å²) in [4.78, 5) is 17.7. The second kappa shape index (κ2) is 10.4. The quantitative estimate of drug-likeness (QED) is 0.612. The Balaban J connectivity index is 1.32. The minimum absolute atomic E-state index is 0.0444. The number of piperazine rings is 1. The van der Waals surface area contributed by atoms with Gasteiger partial charge in [0, 0.05) is 57.2 Å². The zero-order chi connectivity index (χ0) is 21.5. The third-order valence-electron chi connectivity index (χ3n) is 5.98. The predicted molar refractivity (Wildman–Crippen MR) is 123 cm³/mol. The molecule has 1 aromatic heterocycles. The van der Waals surface area contributed by atoms with E-state index in [9.17, 15) is 4.79 Å². The molecule has 1 amide bonds. The molecule has 1 aliphatic rings. The normalized spacial score (nSPS) is 15.1. The van der Waals surface area contributed by atoms with E-state index in [0.717, 1.165) is 44.8 Å². The van der Waals surface area contributed by atoms with Gasteiger partial charge in [0.05, 0.1) is 6.54 Å². The fraction of sp³-hybridized carbons (Fsp3) is 0.360. The maximum atomic E-state index is 12.7. The van der Waals surface area contributed by atoms with E-state index in [-0.39, 0.29) is 5.91 Å². The van der Waals surface area contributed by atoms with Crippen LogP contribution >= 0.6 is 0 Å². The minimum Gasteiger partial charge on any atom is -0.348 e. The van der Waals surface area contributed by atoms with Crippen molar-refractivity contribution in [3.05, 3.63) is 89.2 Å². The molecule has 1 saturated heterocycles. The van der Waals surface area contributed by atoms with Crippen molar-refractivity contribution in [2.75, 3.05) is 32.7 Å². The topological polar surface area (TPSA) is 53.4 Å². The maximum Gasteiger partial charge on any atom is 0.251 e. The summed E-state index contributed by atoms with van der Waals surface area (Å²) in [6, 6.07) is 18.1. The summed E-state index contributed by atoms with van der Waals surface area (Å²) in [5.74, 6) is -0.0444. The first-order valence-electron chi connectivity index (χ1n) is 11.1. The zero-order valence-electron chi connectivity index (χ0n) is 18.2. The Morgan fingerprint density at radius 3 is 2.29 bits per heavy atom. The lowest BCUT2D eigenvalue weighted by Gasteiger charge is -2.34. The minimum atomic E-state index is -0.0444. The lowest BCUT2D eigenvalue weighted by Crippen LogP contribution is -2.45. The number of nitrogens with zero attached hydrogens (tertiary/aromatic N) is 4. The molecule has 6 heteroatoms. The summed E-state index contributed by atoms with van der Waals surface area (Å²) in [5, 5.41) is 7.31. The number of aromatic nitrogens is 2. The van der Waals surface area contributed by atoms with Crippen LogP contribution < -0.4 is 5.32 Å². The van der Waals surface area contributed by atoms with Crippen LogP contribution in [0, 0.1) is 0 Å². The van der Waals surface area contributed by atoms with Crippen molar-refractivity contribution in [3.63, 3.8) is 0 Å². The molecule has 0 saturated carbocycles. The summed E-state index contributed by atoms with van der Waals surface area (Å²) in [5.41, 5.74) is 4.28. The van der Waals surface area contributed by atoms with E-state index in [0.29, 0.717) is 18.7 Å². The van der Waals surface area contributed by atoms with Crippen LogP contribution in [0.25, 0.3) is 0 Å². The third-order valence-corrected chi connectivity index (χ3v) is 5.98. The molecule has 0 spiro atoms. The molecule has 0 atom stereocenters. The van der Waals surface area contributed by atoms with Gasteiger partial charge in [0.15, 0.2) is 0 Å². The highest BCUT2D eigenvalue weighted by atomic mass is 16.1. The Labute approximate surface area is 184 Å². The van der Waals surface area contributed by atoms with E-state index < -0.39 is 0 Å². The molecule has 1 fully saturated rings. The molecule has 31 heavy (non-hydrogen) atoms. The van der Waals surface area contributed by atoms with E-state index >= 15 is 0 Å². The molecule has 6 nitrogen and oxygen atoms in total. The number of nitrogens with one attached hydrogen (secondary N) is 1. The SMILES string of the molecule is CCN1CCN(Cc2ccccc2CNC(=O)c2ccc(Cn3cccn3)cc2)CC1. The number of hydrogen-bond acceptors (Lipinski definition) is 4. The van der Waals surface area contributed by atoms with Crippen LogP contribution in [0.5, 0.6) is 0 Å². The number of likely N-dealkylation sites (N-methyl/N-ethyl adjacent to an activating group) is 1. The first kappa shape index (κ1) is 21.3. The summed E-state index contributed by atoms with van der Waals surface area (Å²) >= 11 is 0. The molecule has 1 aliphatic heterocycles. The van der Waals surface area contributed by atoms with Crippen LogP contribution in [0.3, 0.4) is 0 Å². The van der Waals surface area contributed by atoms with Crippen LogP contribution in [0.1, 0.15) is 34.0 Å². The van der Waals surface area contributed by atoms with Crippen molar-refractivity contribution in [3.8, 4) is 0 Å². The second-order valence-electron chi connectivity index (χ2n) is 8.06. The van der Waals surface area contributed by atoms with E-state index in [1.807, 2.05) is 47.3 Å². The van der Waals surface area contributed by atoms with Crippen LogP contribution in [0.15, 0.2) is 67.0 Å². The number of carbonyl (C=O) groups excluding carboxylic acids is 1. The summed E-state index contributed by atoms with van der Waals surface area (Å²) in [7, 11) is 0. The van der Waals surface area contributed by atoms with Gasteiger partial charge in [-0.15, -0.1) is 0 Å². The Bertz CT molecular complexity index is 960. The van der Waals surface area contributed by atoms with Gasteiger partial charge in [-0.1, -0.05) is 43.3 Å². The van der Waals surface area contributed by atoms with Gasteiger partial charge in [-0.3, -0.25) is 14.4 Å². The smallest absolute Gasteiger partial charge is 0.251 e. The van der Waals surface area contributed by atoms with E-state index in [1.165, 1.54) is 11.1 Å². The Morgan fingerprint density at radius 2 is 1.61 bits per heavy atom. The number of hydrogen-bond donors (Lipinski definition) is 1. The van der Waals surface area contributed by atoms with Gasteiger partial charge in [-0.25, -0.2) is 0 Å². The monoisotopic (exact) mass is 417 g/mol.